The summed E-state index contributed by atoms with van der Waals surface area (Å²) in [5.41, 5.74) is 6.80. The maximum absolute atomic E-state index is 13.8. The number of likely N-dealkylation sites (tertiary alicyclic amines) is 1. The summed E-state index contributed by atoms with van der Waals surface area (Å²) in [5.74, 6) is 0.144. The Kier molecular flexibility index (Phi) is 4.28. The Morgan fingerprint density at radius 3 is 2.75 bits per heavy atom. The fourth-order valence-electron chi connectivity index (χ4n) is 2.72. The Hall–Kier alpha value is -1.62. The van der Waals surface area contributed by atoms with E-state index in [1.165, 1.54) is 13.2 Å². The monoisotopic (exact) mass is 280 g/mol. The molecule has 1 fully saturated rings. The average Bonchev–Trinajstić information content (AvgIpc) is 2.63. The number of ether oxygens (including phenoxy) is 1. The van der Waals surface area contributed by atoms with E-state index in [4.69, 9.17) is 10.5 Å². The van der Waals surface area contributed by atoms with E-state index in [1.54, 1.807) is 17.0 Å². The molecule has 0 spiro atoms. The van der Waals surface area contributed by atoms with E-state index in [-0.39, 0.29) is 23.7 Å². The molecule has 0 aromatic heterocycles. The molecule has 110 valence electrons. The Morgan fingerprint density at radius 2 is 2.20 bits per heavy atom. The van der Waals surface area contributed by atoms with Gasteiger partial charge in [-0.05, 0) is 23.6 Å². The zero-order valence-corrected chi connectivity index (χ0v) is 12.1. The predicted molar refractivity (Wildman–Crippen MR) is 74.8 cm³/mol. The van der Waals surface area contributed by atoms with Crippen LogP contribution < -0.4 is 10.5 Å². The van der Waals surface area contributed by atoms with Crippen molar-refractivity contribution in [1.29, 1.82) is 0 Å². The van der Waals surface area contributed by atoms with Crippen molar-refractivity contribution in [3.63, 3.8) is 0 Å². The summed E-state index contributed by atoms with van der Waals surface area (Å²) < 4.78 is 18.8. The summed E-state index contributed by atoms with van der Waals surface area (Å²) >= 11 is 0. The third kappa shape index (κ3) is 2.77. The predicted octanol–water partition coefficient (Wildman–Crippen LogP) is 2.09. The Labute approximate surface area is 118 Å². The average molecular weight is 280 g/mol. The molecule has 2 rings (SSSR count). The summed E-state index contributed by atoms with van der Waals surface area (Å²) in [6.07, 6.45) is 0.311. The van der Waals surface area contributed by atoms with Gasteiger partial charge in [-0.3, -0.25) is 4.79 Å². The second-order valence-corrected chi connectivity index (χ2v) is 5.65. The van der Waals surface area contributed by atoms with Gasteiger partial charge in [0.1, 0.15) is 0 Å². The van der Waals surface area contributed by atoms with Gasteiger partial charge >= 0.3 is 0 Å². The van der Waals surface area contributed by atoms with Gasteiger partial charge in [0.05, 0.1) is 13.2 Å². The van der Waals surface area contributed by atoms with E-state index in [1.807, 2.05) is 13.8 Å². The number of carbonyl (C=O) groups excluding carboxylic acids is 1. The first-order valence-electron chi connectivity index (χ1n) is 6.82. The van der Waals surface area contributed by atoms with Crippen LogP contribution >= 0.6 is 0 Å². The topological polar surface area (TPSA) is 55.6 Å². The minimum absolute atomic E-state index is 0.0347. The van der Waals surface area contributed by atoms with Gasteiger partial charge in [0.2, 0.25) is 5.91 Å². The lowest BCUT2D eigenvalue weighted by Gasteiger charge is -2.29. The number of hydrogen-bond donors (Lipinski definition) is 1. The molecule has 1 aliphatic heterocycles. The minimum atomic E-state index is -0.430. The Morgan fingerprint density at radius 1 is 1.50 bits per heavy atom. The van der Waals surface area contributed by atoms with Crippen molar-refractivity contribution in [1.82, 2.24) is 4.90 Å². The number of halogens is 1. The van der Waals surface area contributed by atoms with Crippen LogP contribution in [0.3, 0.4) is 0 Å². The van der Waals surface area contributed by atoms with E-state index in [9.17, 15) is 9.18 Å². The molecule has 1 aromatic carbocycles. The van der Waals surface area contributed by atoms with Crippen molar-refractivity contribution in [2.24, 2.45) is 11.7 Å². The molecule has 0 bridgehead atoms. The second kappa shape index (κ2) is 5.79. The summed E-state index contributed by atoms with van der Waals surface area (Å²) in [5, 5.41) is 0. The molecular formula is C15H21FN2O2. The van der Waals surface area contributed by atoms with Crippen LogP contribution in [0, 0.1) is 11.7 Å². The smallest absolute Gasteiger partial charge is 0.224 e. The second-order valence-electron chi connectivity index (χ2n) is 5.65. The first-order chi connectivity index (χ1) is 9.43. The van der Waals surface area contributed by atoms with E-state index in [2.05, 4.69) is 0 Å². The molecule has 2 N–H and O–H groups in total. The largest absolute Gasteiger partial charge is 0.494 e. The first-order valence-corrected chi connectivity index (χ1v) is 6.82. The third-order valence-corrected chi connectivity index (χ3v) is 3.55. The fourth-order valence-corrected chi connectivity index (χ4v) is 2.72. The maximum Gasteiger partial charge on any atom is 0.224 e. The van der Waals surface area contributed by atoms with Crippen molar-refractivity contribution in [2.45, 2.75) is 32.4 Å². The van der Waals surface area contributed by atoms with E-state index < -0.39 is 5.82 Å². The fraction of sp³-hybridized carbons (Fsp3) is 0.533. The highest BCUT2D eigenvalue weighted by Crippen LogP contribution is 2.34. The van der Waals surface area contributed by atoms with E-state index in [0.717, 1.165) is 5.56 Å². The van der Waals surface area contributed by atoms with Gasteiger partial charge in [-0.25, -0.2) is 4.39 Å². The van der Waals surface area contributed by atoms with Crippen molar-refractivity contribution in [3.8, 4) is 5.75 Å². The van der Waals surface area contributed by atoms with Crippen molar-refractivity contribution in [3.05, 3.63) is 29.6 Å². The normalized spacial score (nSPS) is 22.7. The van der Waals surface area contributed by atoms with Gasteiger partial charge in [0, 0.05) is 19.0 Å². The lowest BCUT2D eigenvalue weighted by atomic mass is 10.00. The van der Waals surface area contributed by atoms with Crippen LogP contribution in [0.1, 0.15) is 31.9 Å². The number of rotatable bonds is 4. The summed E-state index contributed by atoms with van der Waals surface area (Å²) in [7, 11) is 1.42. The highest BCUT2D eigenvalue weighted by Gasteiger charge is 2.38. The zero-order chi connectivity index (χ0) is 14.9. The molecule has 1 aliphatic rings. The van der Waals surface area contributed by atoms with Crippen LogP contribution in [0.4, 0.5) is 4.39 Å². The summed E-state index contributed by atoms with van der Waals surface area (Å²) in [4.78, 5) is 13.8. The molecule has 0 aliphatic carbocycles. The number of carbonyl (C=O) groups is 1. The summed E-state index contributed by atoms with van der Waals surface area (Å²) in [6.45, 7) is 4.72. The Bertz CT molecular complexity index is 505. The van der Waals surface area contributed by atoms with E-state index >= 15 is 0 Å². The number of hydrogen-bond acceptors (Lipinski definition) is 3. The van der Waals surface area contributed by atoms with Crippen LogP contribution in [0.15, 0.2) is 18.2 Å². The molecule has 0 radical (unpaired) electrons. The van der Waals surface area contributed by atoms with Gasteiger partial charge in [0.15, 0.2) is 11.6 Å². The standard InChI is InChI=1S/C15H21FN2O2/c1-9(2)8-18-14(19)7-12(17)15(18)10-4-5-13(20-3)11(16)6-10/h4-6,9,12,15H,7-8,17H2,1-3H3. The van der Waals surface area contributed by atoms with Gasteiger partial charge in [0.25, 0.3) is 0 Å². The maximum atomic E-state index is 13.8. The van der Waals surface area contributed by atoms with Crippen LogP contribution in [0.2, 0.25) is 0 Å². The molecule has 1 heterocycles. The molecule has 2 unspecified atom stereocenters. The first kappa shape index (κ1) is 14.8. The number of nitrogens with zero attached hydrogens (tertiary/aromatic N) is 1. The van der Waals surface area contributed by atoms with Crippen LogP contribution in [0.25, 0.3) is 0 Å². The van der Waals surface area contributed by atoms with Gasteiger partial charge < -0.3 is 15.4 Å². The van der Waals surface area contributed by atoms with Crippen LogP contribution in [-0.2, 0) is 4.79 Å². The molecule has 0 saturated carbocycles. The molecule has 20 heavy (non-hydrogen) atoms. The molecular weight excluding hydrogens is 259 g/mol. The summed E-state index contributed by atoms with van der Waals surface area (Å²) in [6, 6.07) is 4.21. The molecule has 4 nitrogen and oxygen atoms in total. The number of benzene rings is 1. The quantitative estimate of drug-likeness (QED) is 0.919. The number of amides is 1. The van der Waals surface area contributed by atoms with Crippen molar-refractivity contribution < 1.29 is 13.9 Å². The zero-order valence-electron chi connectivity index (χ0n) is 12.1. The minimum Gasteiger partial charge on any atom is -0.494 e. The van der Waals surface area contributed by atoms with Gasteiger partial charge in [-0.15, -0.1) is 0 Å². The Balaban J connectivity index is 2.32. The molecule has 5 heteroatoms. The third-order valence-electron chi connectivity index (χ3n) is 3.55. The number of nitrogens with two attached hydrogens (primary N) is 1. The van der Waals surface area contributed by atoms with Crippen LogP contribution in [-0.4, -0.2) is 30.5 Å². The van der Waals surface area contributed by atoms with E-state index in [0.29, 0.717) is 18.9 Å². The molecule has 1 aromatic rings. The SMILES string of the molecule is COc1ccc(C2C(N)CC(=O)N2CC(C)C)cc1F. The van der Waals surface area contributed by atoms with Crippen molar-refractivity contribution >= 4 is 5.91 Å². The van der Waals surface area contributed by atoms with Gasteiger partial charge in [-0.1, -0.05) is 19.9 Å². The van der Waals surface area contributed by atoms with Crippen molar-refractivity contribution in [2.75, 3.05) is 13.7 Å². The lowest BCUT2D eigenvalue weighted by molar-refractivity contribution is -0.129. The molecule has 1 amide bonds. The highest BCUT2D eigenvalue weighted by atomic mass is 19.1. The molecule has 2 atom stereocenters. The lowest BCUT2D eigenvalue weighted by Crippen LogP contribution is -2.35. The molecule has 1 saturated heterocycles. The van der Waals surface area contributed by atoms with Gasteiger partial charge in [-0.2, -0.15) is 0 Å². The highest BCUT2D eigenvalue weighted by molar-refractivity contribution is 5.80. The van der Waals surface area contributed by atoms with Crippen LogP contribution in [0.5, 0.6) is 5.75 Å². The number of methoxy groups -OCH3 is 1.